The number of benzene rings is 1. The molecule has 1 aromatic rings. The van der Waals surface area contributed by atoms with Gasteiger partial charge < -0.3 is 15.9 Å². The predicted octanol–water partition coefficient (Wildman–Crippen LogP) is 2.42. The first-order chi connectivity index (χ1) is 7.38. The van der Waals surface area contributed by atoms with Crippen LogP contribution < -0.4 is 5.73 Å². The quantitative estimate of drug-likeness (QED) is 0.529. The number of phenols is 1. The number of aromatic carboxylic acids is 1. The van der Waals surface area contributed by atoms with Crippen LogP contribution in [0.1, 0.15) is 17.3 Å². The summed E-state index contributed by atoms with van der Waals surface area (Å²) in [5, 5.41) is 17.5. The number of hydrogen-bond acceptors (Lipinski definition) is 3. The van der Waals surface area contributed by atoms with E-state index in [4.69, 9.17) is 15.9 Å². The van der Waals surface area contributed by atoms with Crippen molar-refractivity contribution in [2.24, 2.45) is 0 Å². The Morgan fingerprint density at radius 1 is 1.50 bits per heavy atom. The van der Waals surface area contributed by atoms with Gasteiger partial charge in [-0.05, 0) is 19.1 Å². The smallest absolute Gasteiger partial charge is 0.339 e. The van der Waals surface area contributed by atoms with Crippen molar-refractivity contribution in [2.75, 3.05) is 5.73 Å². The zero-order valence-electron chi connectivity index (χ0n) is 9.10. The molecule has 0 radical (unpaired) electrons. The van der Waals surface area contributed by atoms with Crippen LogP contribution in [0.2, 0.25) is 0 Å². The zero-order chi connectivity index (χ0) is 12.7. The summed E-state index contributed by atoms with van der Waals surface area (Å²) in [7, 11) is 0. The molecule has 86 valence electrons. The van der Waals surface area contributed by atoms with Gasteiger partial charge in [0.2, 0.25) is 0 Å². The highest BCUT2D eigenvalue weighted by Gasteiger charge is 2.07. The monoisotopic (exact) mass is 221 g/mol. The van der Waals surface area contributed by atoms with E-state index in [9.17, 15) is 4.79 Å². The van der Waals surface area contributed by atoms with Crippen LogP contribution in [0.3, 0.4) is 0 Å². The molecule has 4 heteroatoms. The van der Waals surface area contributed by atoms with E-state index in [1.807, 2.05) is 6.92 Å². The number of nitrogens with two attached hydrogens (primary N) is 1. The Hall–Kier alpha value is -2.23. The van der Waals surface area contributed by atoms with Crippen LogP contribution in [-0.4, -0.2) is 16.2 Å². The van der Waals surface area contributed by atoms with E-state index in [1.165, 1.54) is 18.2 Å². The molecule has 0 unspecified atom stereocenters. The van der Waals surface area contributed by atoms with Crippen LogP contribution >= 0.6 is 0 Å². The van der Waals surface area contributed by atoms with Crippen molar-refractivity contribution in [1.29, 1.82) is 0 Å². The minimum atomic E-state index is -1.16. The SMILES string of the molecule is C=CC(=C)C.Nc1ccc(C(=O)O)c(O)c1. The first-order valence-corrected chi connectivity index (χ1v) is 4.48. The fourth-order valence-corrected chi connectivity index (χ4v) is 0.730. The average molecular weight is 221 g/mol. The Morgan fingerprint density at radius 3 is 2.31 bits per heavy atom. The largest absolute Gasteiger partial charge is 0.507 e. The third-order valence-electron chi connectivity index (χ3n) is 1.60. The van der Waals surface area contributed by atoms with Crippen molar-refractivity contribution in [3.05, 3.63) is 48.6 Å². The van der Waals surface area contributed by atoms with Crippen molar-refractivity contribution in [1.82, 2.24) is 0 Å². The molecule has 16 heavy (non-hydrogen) atoms. The predicted molar refractivity (Wildman–Crippen MR) is 64.5 cm³/mol. The molecular formula is C12H15NO3. The molecule has 0 amide bonds. The van der Waals surface area contributed by atoms with Gasteiger partial charge in [0.25, 0.3) is 0 Å². The van der Waals surface area contributed by atoms with Crippen molar-refractivity contribution in [2.45, 2.75) is 6.92 Å². The fraction of sp³-hybridized carbons (Fsp3) is 0.0833. The molecule has 0 bridgehead atoms. The van der Waals surface area contributed by atoms with Gasteiger partial charge in [0.15, 0.2) is 0 Å². The van der Waals surface area contributed by atoms with Gasteiger partial charge in [0.1, 0.15) is 11.3 Å². The van der Waals surface area contributed by atoms with Gasteiger partial charge in [-0.1, -0.05) is 24.8 Å². The lowest BCUT2D eigenvalue weighted by Gasteiger charge is -1.98. The average Bonchev–Trinajstić information content (AvgIpc) is 2.17. The molecule has 0 atom stereocenters. The highest BCUT2D eigenvalue weighted by molar-refractivity contribution is 5.91. The summed E-state index contributed by atoms with van der Waals surface area (Å²) in [6.07, 6.45) is 1.72. The third kappa shape index (κ3) is 4.85. The maximum absolute atomic E-state index is 10.3. The number of carbonyl (C=O) groups is 1. The van der Waals surface area contributed by atoms with Gasteiger partial charge in [0.05, 0.1) is 0 Å². The van der Waals surface area contributed by atoms with E-state index >= 15 is 0 Å². The molecule has 0 aliphatic heterocycles. The summed E-state index contributed by atoms with van der Waals surface area (Å²) in [6, 6.07) is 3.87. The molecule has 0 saturated carbocycles. The lowest BCUT2D eigenvalue weighted by Crippen LogP contribution is -1.97. The summed E-state index contributed by atoms with van der Waals surface area (Å²) in [5.41, 5.74) is 6.49. The highest BCUT2D eigenvalue weighted by Crippen LogP contribution is 2.19. The van der Waals surface area contributed by atoms with Crippen molar-refractivity contribution in [3.63, 3.8) is 0 Å². The number of aromatic hydroxyl groups is 1. The number of nitrogen functional groups attached to an aromatic ring is 1. The van der Waals surface area contributed by atoms with E-state index in [0.717, 1.165) is 5.57 Å². The Balaban J connectivity index is 0.000000385. The molecule has 0 aliphatic rings. The van der Waals surface area contributed by atoms with Crippen molar-refractivity contribution < 1.29 is 15.0 Å². The molecule has 0 fully saturated rings. The van der Waals surface area contributed by atoms with E-state index in [1.54, 1.807) is 6.08 Å². The molecule has 1 rings (SSSR count). The molecule has 0 heterocycles. The standard InChI is InChI=1S/C7H7NO3.C5H8/c8-4-1-2-5(7(10)11)6(9)3-4;1-4-5(2)3/h1-3,9H,8H2,(H,10,11);4H,1-2H2,3H3. The first kappa shape index (κ1) is 13.8. The van der Waals surface area contributed by atoms with Crippen molar-refractivity contribution in [3.8, 4) is 5.75 Å². The maximum atomic E-state index is 10.3. The Kier molecular flexibility index (Phi) is 5.41. The van der Waals surface area contributed by atoms with Crippen molar-refractivity contribution >= 4 is 11.7 Å². The molecule has 0 saturated heterocycles. The molecule has 4 N–H and O–H groups in total. The number of rotatable bonds is 2. The normalized spacial score (nSPS) is 8.56. The molecule has 0 aliphatic carbocycles. The number of anilines is 1. The number of allylic oxidation sites excluding steroid dienone is 2. The van der Waals surface area contributed by atoms with E-state index in [0.29, 0.717) is 5.69 Å². The van der Waals surface area contributed by atoms with E-state index in [-0.39, 0.29) is 11.3 Å². The summed E-state index contributed by atoms with van der Waals surface area (Å²) in [4.78, 5) is 10.3. The van der Waals surface area contributed by atoms with Crippen LogP contribution in [0.5, 0.6) is 5.75 Å². The topological polar surface area (TPSA) is 83.6 Å². The molecule has 0 aromatic heterocycles. The molecule has 1 aromatic carbocycles. The van der Waals surface area contributed by atoms with Crippen LogP contribution in [0, 0.1) is 0 Å². The minimum Gasteiger partial charge on any atom is -0.507 e. The van der Waals surface area contributed by atoms with Crippen LogP contribution in [0.25, 0.3) is 0 Å². The summed E-state index contributed by atoms with van der Waals surface area (Å²) in [6.45, 7) is 8.93. The zero-order valence-corrected chi connectivity index (χ0v) is 9.10. The Labute approximate surface area is 94.3 Å². The van der Waals surface area contributed by atoms with Gasteiger partial charge in [-0.3, -0.25) is 0 Å². The molecule has 4 nitrogen and oxygen atoms in total. The van der Waals surface area contributed by atoms with E-state index in [2.05, 4.69) is 13.2 Å². The second-order valence-corrected chi connectivity index (χ2v) is 3.13. The van der Waals surface area contributed by atoms with Crippen LogP contribution in [-0.2, 0) is 0 Å². The minimum absolute atomic E-state index is 0.140. The summed E-state index contributed by atoms with van der Waals surface area (Å²) < 4.78 is 0. The first-order valence-electron chi connectivity index (χ1n) is 4.48. The summed E-state index contributed by atoms with van der Waals surface area (Å²) in [5.74, 6) is -1.47. The fourth-order valence-electron chi connectivity index (χ4n) is 0.730. The lowest BCUT2D eigenvalue weighted by molar-refractivity contribution is 0.0694. The van der Waals surface area contributed by atoms with Gasteiger partial charge >= 0.3 is 5.97 Å². The second-order valence-electron chi connectivity index (χ2n) is 3.13. The number of hydrogen-bond donors (Lipinski definition) is 3. The lowest BCUT2D eigenvalue weighted by atomic mass is 10.2. The highest BCUT2D eigenvalue weighted by atomic mass is 16.4. The third-order valence-corrected chi connectivity index (χ3v) is 1.60. The van der Waals surface area contributed by atoms with Gasteiger partial charge in [0, 0.05) is 11.8 Å². The maximum Gasteiger partial charge on any atom is 0.339 e. The molecule has 0 spiro atoms. The van der Waals surface area contributed by atoms with Gasteiger partial charge in [-0.15, -0.1) is 0 Å². The van der Waals surface area contributed by atoms with Gasteiger partial charge in [-0.25, -0.2) is 4.79 Å². The van der Waals surface area contributed by atoms with Crippen LogP contribution in [0.4, 0.5) is 5.69 Å². The summed E-state index contributed by atoms with van der Waals surface area (Å²) >= 11 is 0. The Morgan fingerprint density at radius 2 is 2.00 bits per heavy atom. The van der Waals surface area contributed by atoms with Crippen LogP contribution in [0.15, 0.2) is 43.0 Å². The number of carboxylic acids is 1. The van der Waals surface area contributed by atoms with E-state index < -0.39 is 5.97 Å². The second kappa shape index (κ2) is 6.29. The molecular weight excluding hydrogens is 206 g/mol. The van der Waals surface area contributed by atoms with Gasteiger partial charge in [-0.2, -0.15) is 0 Å². The Bertz CT molecular complexity index is 411. The number of carboxylic acid groups (broad SMARTS) is 1.